The van der Waals surface area contributed by atoms with E-state index in [9.17, 15) is 4.39 Å². The fourth-order valence-electron chi connectivity index (χ4n) is 1.02. The highest BCUT2D eigenvalue weighted by molar-refractivity contribution is 5.79. The van der Waals surface area contributed by atoms with Crippen LogP contribution in [0.1, 0.15) is 19.4 Å². The van der Waals surface area contributed by atoms with Crippen molar-refractivity contribution in [3.05, 3.63) is 29.6 Å². The van der Waals surface area contributed by atoms with Gasteiger partial charge in [0.1, 0.15) is 11.6 Å². The molecule has 0 heterocycles. The number of ether oxygens (including phenoxy) is 1. The Labute approximate surface area is 81.8 Å². The molecule has 0 fully saturated rings. The Balaban J connectivity index is 2.88. The maximum atomic E-state index is 13.2. The fraction of sp³-hybridized carbons (Fsp3) is 0.300. The van der Waals surface area contributed by atoms with Gasteiger partial charge in [0, 0.05) is 11.6 Å². The van der Waals surface area contributed by atoms with Crippen molar-refractivity contribution in [2.24, 2.45) is 5.16 Å². The van der Waals surface area contributed by atoms with Gasteiger partial charge < -0.3 is 9.94 Å². The number of rotatable bonds is 3. The van der Waals surface area contributed by atoms with Crippen LogP contribution in [-0.4, -0.2) is 17.5 Å². The third-order valence-electron chi connectivity index (χ3n) is 1.54. The minimum atomic E-state index is -0.471. The summed E-state index contributed by atoms with van der Waals surface area (Å²) in [5, 5.41) is 11.0. The highest BCUT2D eigenvalue weighted by atomic mass is 19.1. The molecule has 0 aliphatic carbocycles. The van der Waals surface area contributed by atoms with Gasteiger partial charge in [-0.05, 0) is 26.0 Å². The molecule has 0 amide bonds. The summed E-state index contributed by atoms with van der Waals surface area (Å²) in [7, 11) is 0. The van der Waals surface area contributed by atoms with E-state index in [1.807, 2.05) is 13.8 Å². The summed E-state index contributed by atoms with van der Waals surface area (Å²) in [4.78, 5) is 0. The molecule has 0 spiro atoms. The minimum absolute atomic E-state index is 0.00626. The molecule has 0 aliphatic rings. The zero-order valence-corrected chi connectivity index (χ0v) is 8.07. The van der Waals surface area contributed by atoms with Crippen LogP contribution in [0.2, 0.25) is 0 Å². The lowest BCUT2D eigenvalue weighted by Gasteiger charge is -2.09. The molecule has 0 saturated carbocycles. The van der Waals surface area contributed by atoms with E-state index in [-0.39, 0.29) is 11.7 Å². The topological polar surface area (TPSA) is 41.8 Å². The number of nitrogens with zero attached hydrogens (tertiary/aromatic N) is 1. The Kier molecular flexibility index (Phi) is 3.45. The summed E-state index contributed by atoms with van der Waals surface area (Å²) in [6, 6.07) is 4.38. The van der Waals surface area contributed by atoms with Crippen molar-refractivity contribution in [1.29, 1.82) is 0 Å². The summed E-state index contributed by atoms with van der Waals surface area (Å²) in [6.45, 7) is 3.72. The molecule has 1 aromatic rings. The van der Waals surface area contributed by atoms with Crippen molar-refractivity contribution in [3.63, 3.8) is 0 Å². The molecular weight excluding hydrogens is 185 g/mol. The van der Waals surface area contributed by atoms with Gasteiger partial charge >= 0.3 is 0 Å². The maximum Gasteiger partial charge on any atom is 0.135 e. The van der Waals surface area contributed by atoms with Crippen molar-refractivity contribution in [1.82, 2.24) is 0 Å². The van der Waals surface area contributed by atoms with Gasteiger partial charge in [0.2, 0.25) is 0 Å². The summed E-state index contributed by atoms with van der Waals surface area (Å²) in [5.74, 6) is -0.00598. The lowest BCUT2D eigenvalue weighted by molar-refractivity contribution is 0.241. The van der Waals surface area contributed by atoms with Crippen molar-refractivity contribution < 1.29 is 14.3 Å². The van der Waals surface area contributed by atoms with Crippen molar-refractivity contribution in [3.8, 4) is 5.75 Å². The lowest BCUT2D eigenvalue weighted by atomic mass is 10.2. The van der Waals surface area contributed by atoms with Gasteiger partial charge in [0.25, 0.3) is 0 Å². The molecular formula is C10H12FNO2. The van der Waals surface area contributed by atoms with Crippen molar-refractivity contribution >= 4 is 6.21 Å². The predicted octanol–water partition coefficient (Wildman–Crippen LogP) is 2.42. The first kappa shape index (κ1) is 10.5. The molecule has 0 aromatic heterocycles. The van der Waals surface area contributed by atoms with Gasteiger partial charge in [-0.2, -0.15) is 0 Å². The van der Waals surface area contributed by atoms with E-state index in [1.54, 1.807) is 6.07 Å². The normalized spacial score (nSPS) is 11.1. The number of halogens is 1. The third kappa shape index (κ3) is 2.73. The van der Waals surface area contributed by atoms with E-state index in [1.165, 1.54) is 12.1 Å². The first-order chi connectivity index (χ1) is 6.63. The first-order valence-electron chi connectivity index (χ1n) is 4.27. The van der Waals surface area contributed by atoms with Gasteiger partial charge in [0.15, 0.2) is 0 Å². The predicted molar refractivity (Wildman–Crippen MR) is 51.5 cm³/mol. The largest absolute Gasteiger partial charge is 0.491 e. The standard InChI is InChI=1S/C10H12FNO2/c1-7(2)14-9-4-3-8(6-12-13)10(11)5-9/h3-7,13H,1-2H3/b12-6-. The second-order valence-corrected chi connectivity index (χ2v) is 3.09. The number of hydrogen-bond acceptors (Lipinski definition) is 3. The van der Waals surface area contributed by atoms with E-state index in [4.69, 9.17) is 9.94 Å². The van der Waals surface area contributed by atoms with E-state index in [0.717, 1.165) is 6.21 Å². The Morgan fingerprint density at radius 2 is 2.21 bits per heavy atom. The zero-order valence-electron chi connectivity index (χ0n) is 8.07. The van der Waals surface area contributed by atoms with Crippen LogP contribution in [0.15, 0.2) is 23.4 Å². The van der Waals surface area contributed by atoms with Gasteiger partial charge in [-0.15, -0.1) is 0 Å². The molecule has 0 atom stereocenters. The average Bonchev–Trinajstić information content (AvgIpc) is 2.09. The molecule has 0 saturated heterocycles. The monoisotopic (exact) mass is 197 g/mol. The second kappa shape index (κ2) is 4.60. The first-order valence-corrected chi connectivity index (χ1v) is 4.27. The summed E-state index contributed by atoms with van der Waals surface area (Å²) >= 11 is 0. The van der Waals surface area contributed by atoms with Gasteiger partial charge in [-0.3, -0.25) is 0 Å². The molecule has 3 nitrogen and oxygen atoms in total. The molecule has 4 heteroatoms. The highest BCUT2D eigenvalue weighted by Crippen LogP contribution is 2.16. The SMILES string of the molecule is CC(C)Oc1ccc(/C=N\O)c(F)c1. The van der Waals surface area contributed by atoms with Gasteiger partial charge in [0.05, 0.1) is 12.3 Å². The smallest absolute Gasteiger partial charge is 0.135 e. The molecule has 1 N–H and O–H groups in total. The fourth-order valence-corrected chi connectivity index (χ4v) is 1.02. The molecule has 14 heavy (non-hydrogen) atoms. The molecule has 76 valence electrons. The number of oxime groups is 1. The Bertz CT molecular complexity index is 337. The van der Waals surface area contributed by atoms with Crippen LogP contribution in [0, 0.1) is 5.82 Å². The zero-order chi connectivity index (χ0) is 10.6. The second-order valence-electron chi connectivity index (χ2n) is 3.09. The highest BCUT2D eigenvalue weighted by Gasteiger charge is 2.03. The van der Waals surface area contributed by atoms with Gasteiger partial charge in [-0.25, -0.2) is 4.39 Å². The molecule has 0 unspecified atom stereocenters. The maximum absolute atomic E-state index is 13.2. The van der Waals surface area contributed by atoms with Crippen LogP contribution < -0.4 is 4.74 Å². The Morgan fingerprint density at radius 1 is 1.50 bits per heavy atom. The minimum Gasteiger partial charge on any atom is -0.491 e. The van der Waals surface area contributed by atoms with E-state index >= 15 is 0 Å². The molecule has 1 rings (SSSR count). The van der Waals surface area contributed by atoms with Crippen molar-refractivity contribution in [2.45, 2.75) is 20.0 Å². The molecule has 1 aromatic carbocycles. The summed E-state index contributed by atoms with van der Waals surface area (Å²) in [6.07, 6.45) is 1.04. The third-order valence-corrected chi connectivity index (χ3v) is 1.54. The molecule has 0 bridgehead atoms. The van der Waals surface area contributed by atoms with Crippen LogP contribution in [-0.2, 0) is 0 Å². The number of hydrogen-bond donors (Lipinski definition) is 1. The van der Waals surface area contributed by atoms with Crippen molar-refractivity contribution in [2.75, 3.05) is 0 Å². The van der Waals surface area contributed by atoms with E-state index in [0.29, 0.717) is 5.75 Å². The lowest BCUT2D eigenvalue weighted by Crippen LogP contribution is -2.05. The summed E-state index contributed by atoms with van der Waals surface area (Å²) < 4.78 is 18.5. The summed E-state index contributed by atoms with van der Waals surface area (Å²) in [5.41, 5.74) is 0.226. The quantitative estimate of drug-likeness (QED) is 0.459. The number of benzene rings is 1. The van der Waals surface area contributed by atoms with Crippen LogP contribution in [0.25, 0.3) is 0 Å². The average molecular weight is 197 g/mol. The van der Waals surface area contributed by atoms with Crippen LogP contribution in [0.4, 0.5) is 4.39 Å². The van der Waals surface area contributed by atoms with Crippen LogP contribution in [0.3, 0.4) is 0 Å². The Morgan fingerprint density at radius 3 is 2.71 bits per heavy atom. The Hall–Kier alpha value is -1.58. The van der Waals surface area contributed by atoms with E-state index in [2.05, 4.69) is 5.16 Å². The van der Waals surface area contributed by atoms with Crippen LogP contribution >= 0.6 is 0 Å². The molecule has 0 aliphatic heterocycles. The van der Waals surface area contributed by atoms with E-state index < -0.39 is 5.82 Å². The van der Waals surface area contributed by atoms with Crippen LogP contribution in [0.5, 0.6) is 5.75 Å². The van der Waals surface area contributed by atoms with Gasteiger partial charge in [-0.1, -0.05) is 5.16 Å². The molecule has 0 radical (unpaired) electrons.